The van der Waals surface area contributed by atoms with E-state index in [9.17, 15) is 0 Å². The van der Waals surface area contributed by atoms with Crippen LogP contribution in [0.2, 0.25) is 0 Å². The summed E-state index contributed by atoms with van der Waals surface area (Å²) in [4.78, 5) is 5.07. The summed E-state index contributed by atoms with van der Waals surface area (Å²) in [6, 6.07) is 60.4. The fourth-order valence-corrected chi connectivity index (χ4v) is 8.55. The number of aryl methyl sites for hydroxylation is 1. The van der Waals surface area contributed by atoms with Crippen molar-refractivity contribution in [1.29, 1.82) is 0 Å². The lowest BCUT2D eigenvalue weighted by Gasteiger charge is -2.17. The van der Waals surface area contributed by atoms with Crippen molar-refractivity contribution in [1.82, 2.24) is 9.55 Å². The van der Waals surface area contributed by atoms with Gasteiger partial charge in [-0.15, -0.1) is 0 Å². The highest BCUT2D eigenvalue weighted by molar-refractivity contribution is 6.37. The van der Waals surface area contributed by atoms with E-state index >= 15 is 0 Å². The van der Waals surface area contributed by atoms with Crippen molar-refractivity contribution in [2.75, 3.05) is 0 Å². The molecule has 2 heteroatoms. The van der Waals surface area contributed by atoms with Crippen LogP contribution in [0.5, 0.6) is 0 Å². The fourth-order valence-electron chi connectivity index (χ4n) is 8.55. The molecule has 0 amide bonds. The Labute approximate surface area is 288 Å². The van der Waals surface area contributed by atoms with Gasteiger partial charge in [0.05, 0.1) is 11.0 Å². The standard InChI is InChI=1S/C48H30N2/c1-50-43-24-23-35(28-42(43)49-48(50)32-9-3-2-4-10-32)33-14-5-15-34(25-33)37-26-36-22-21-31-12-7-17-39-38-16-6-11-29-19-20-30-13-8-18-40(46(30)44(29)38)41(27-37)47(36)45(31)39/h2-28H,1H3. The predicted molar refractivity (Wildman–Crippen MR) is 213 cm³/mol. The first-order valence-electron chi connectivity index (χ1n) is 17.3. The predicted octanol–water partition coefficient (Wildman–Crippen LogP) is 12.9. The molecule has 50 heavy (non-hydrogen) atoms. The van der Waals surface area contributed by atoms with E-state index < -0.39 is 0 Å². The number of benzene rings is 9. The SMILES string of the molecule is Cn1c(-c2ccccc2)nc2cc(-c3cccc(-c4cc5ccc6cccc7c8cccc9ccc%10cccc(c(c4)c5c67)c%10c98)c3)ccc21. The summed E-state index contributed by atoms with van der Waals surface area (Å²) in [7, 11) is 2.10. The van der Waals surface area contributed by atoms with Crippen LogP contribution >= 0.6 is 0 Å². The summed E-state index contributed by atoms with van der Waals surface area (Å²) >= 11 is 0. The minimum absolute atomic E-state index is 0.979. The lowest BCUT2D eigenvalue weighted by Crippen LogP contribution is -1.91. The Balaban J connectivity index is 1.17. The van der Waals surface area contributed by atoms with Gasteiger partial charge in [-0.1, -0.05) is 133 Å². The highest BCUT2D eigenvalue weighted by Gasteiger charge is 2.17. The largest absolute Gasteiger partial charge is 0.327 e. The molecule has 0 spiro atoms. The molecule has 0 saturated heterocycles. The van der Waals surface area contributed by atoms with Crippen LogP contribution in [0, 0.1) is 0 Å². The zero-order chi connectivity index (χ0) is 32.9. The van der Waals surface area contributed by atoms with Crippen molar-refractivity contribution < 1.29 is 0 Å². The van der Waals surface area contributed by atoms with Crippen LogP contribution in [0.15, 0.2) is 164 Å². The van der Waals surface area contributed by atoms with Gasteiger partial charge < -0.3 is 4.57 Å². The minimum atomic E-state index is 0.979. The van der Waals surface area contributed by atoms with Crippen LogP contribution in [0.4, 0.5) is 0 Å². The van der Waals surface area contributed by atoms with Gasteiger partial charge in [-0.3, -0.25) is 0 Å². The number of rotatable bonds is 3. The van der Waals surface area contributed by atoms with E-state index in [1.807, 2.05) is 6.07 Å². The van der Waals surface area contributed by atoms with Gasteiger partial charge in [0.2, 0.25) is 0 Å². The average molecular weight is 635 g/mol. The second-order valence-corrected chi connectivity index (χ2v) is 13.6. The monoisotopic (exact) mass is 634 g/mol. The molecule has 0 fully saturated rings. The van der Waals surface area contributed by atoms with Gasteiger partial charge in [-0.05, 0) is 117 Å². The molecule has 0 N–H and O–H groups in total. The maximum atomic E-state index is 5.07. The number of hydrogen-bond donors (Lipinski definition) is 0. The number of aromatic nitrogens is 2. The lowest BCUT2D eigenvalue weighted by molar-refractivity contribution is 0.959. The highest BCUT2D eigenvalue weighted by Crippen LogP contribution is 2.44. The first kappa shape index (κ1) is 27.4. The Morgan fingerprint density at radius 2 is 0.880 bits per heavy atom. The molecule has 0 unspecified atom stereocenters. The van der Waals surface area contributed by atoms with Crippen molar-refractivity contribution in [3.63, 3.8) is 0 Å². The topological polar surface area (TPSA) is 17.8 Å². The number of fused-ring (bicyclic) bond motifs is 3. The smallest absolute Gasteiger partial charge is 0.140 e. The fraction of sp³-hybridized carbons (Fsp3) is 0.0208. The molecule has 0 bridgehead atoms. The van der Waals surface area contributed by atoms with Gasteiger partial charge in [-0.25, -0.2) is 4.98 Å². The van der Waals surface area contributed by atoms with E-state index in [1.165, 1.54) is 81.3 Å². The molecule has 0 saturated carbocycles. The van der Waals surface area contributed by atoms with Crippen molar-refractivity contribution in [2.45, 2.75) is 0 Å². The van der Waals surface area contributed by atoms with Crippen molar-refractivity contribution >= 4 is 75.7 Å². The van der Waals surface area contributed by atoms with Gasteiger partial charge in [0, 0.05) is 12.6 Å². The van der Waals surface area contributed by atoms with Crippen LogP contribution in [-0.4, -0.2) is 9.55 Å². The third kappa shape index (κ3) is 3.88. The summed E-state index contributed by atoms with van der Waals surface area (Å²) < 4.78 is 2.19. The molecule has 10 aromatic carbocycles. The van der Waals surface area contributed by atoms with Crippen LogP contribution in [0.3, 0.4) is 0 Å². The summed E-state index contributed by atoms with van der Waals surface area (Å²) in [6.45, 7) is 0. The van der Waals surface area contributed by atoms with Crippen LogP contribution in [0.1, 0.15) is 0 Å². The molecule has 11 rings (SSSR count). The normalized spacial score (nSPS) is 12.1. The molecule has 11 aromatic rings. The lowest BCUT2D eigenvalue weighted by atomic mass is 9.86. The first-order chi connectivity index (χ1) is 24.7. The molecule has 0 radical (unpaired) electrons. The Kier molecular flexibility index (Phi) is 5.62. The zero-order valence-corrected chi connectivity index (χ0v) is 27.5. The van der Waals surface area contributed by atoms with Gasteiger partial charge in [0.15, 0.2) is 0 Å². The molecule has 1 heterocycles. The number of hydrogen-bond acceptors (Lipinski definition) is 1. The Morgan fingerprint density at radius 3 is 1.54 bits per heavy atom. The molecule has 0 aliphatic heterocycles. The second kappa shape index (κ2) is 10.2. The molecule has 2 nitrogen and oxygen atoms in total. The first-order valence-corrected chi connectivity index (χ1v) is 17.3. The van der Waals surface area contributed by atoms with Crippen molar-refractivity contribution in [3.8, 4) is 33.6 Å². The number of imidazole rings is 1. The van der Waals surface area contributed by atoms with E-state index in [0.717, 1.165) is 28.0 Å². The zero-order valence-electron chi connectivity index (χ0n) is 27.5. The van der Waals surface area contributed by atoms with E-state index in [1.54, 1.807) is 0 Å². The van der Waals surface area contributed by atoms with Gasteiger partial charge in [-0.2, -0.15) is 0 Å². The molecule has 232 valence electrons. The molecule has 0 atom stereocenters. The molecule has 0 aliphatic carbocycles. The molecule has 1 aromatic heterocycles. The van der Waals surface area contributed by atoms with Gasteiger partial charge >= 0.3 is 0 Å². The minimum Gasteiger partial charge on any atom is -0.327 e. The van der Waals surface area contributed by atoms with Crippen molar-refractivity contribution in [2.24, 2.45) is 7.05 Å². The summed E-state index contributed by atoms with van der Waals surface area (Å²) in [6.07, 6.45) is 0. The van der Waals surface area contributed by atoms with Crippen LogP contribution in [-0.2, 0) is 7.05 Å². The van der Waals surface area contributed by atoms with E-state index in [2.05, 4.69) is 169 Å². The maximum absolute atomic E-state index is 5.07. The quantitative estimate of drug-likeness (QED) is 0.177. The molecule has 0 aliphatic rings. The third-order valence-corrected chi connectivity index (χ3v) is 10.9. The van der Waals surface area contributed by atoms with Crippen LogP contribution in [0.25, 0.3) is 109 Å². The Hall–Kier alpha value is -6.51. The summed E-state index contributed by atoms with van der Waals surface area (Å²) in [5, 5.41) is 15.6. The second-order valence-electron chi connectivity index (χ2n) is 13.6. The van der Waals surface area contributed by atoms with E-state index in [0.29, 0.717) is 0 Å². The molecular formula is C48H30N2. The molecular weight excluding hydrogens is 605 g/mol. The van der Waals surface area contributed by atoms with Gasteiger partial charge in [0.1, 0.15) is 5.82 Å². The highest BCUT2D eigenvalue weighted by atomic mass is 15.1. The van der Waals surface area contributed by atoms with Crippen LogP contribution < -0.4 is 0 Å². The van der Waals surface area contributed by atoms with E-state index in [4.69, 9.17) is 4.98 Å². The van der Waals surface area contributed by atoms with Crippen molar-refractivity contribution in [3.05, 3.63) is 164 Å². The average Bonchev–Trinajstić information content (AvgIpc) is 3.51. The number of nitrogens with zero attached hydrogens (tertiary/aromatic N) is 2. The summed E-state index contributed by atoms with van der Waals surface area (Å²) in [5.41, 5.74) is 8.01. The Bertz CT molecular complexity index is 3140. The maximum Gasteiger partial charge on any atom is 0.140 e. The third-order valence-electron chi connectivity index (χ3n) is 10.9. The van der Waals surface area contributed by atoms with E-state index in [-0.39, 0.29) is 0 Å². The Morgan fingerprint density at radius 1 is 0.360 bits per heavy atom. The summed E-state index contributed by atoms with van der Waals surface area (Å²) in [5.74, 6) is 0.979. The van der Waals surface area contributed by atoms with Gasteiger partial charge in [0.25, 0.3) is 0 Å².